The monoisotopic (exact) mass is 617 g/mol. The number of nitrogens with zero attached hydrogens (tertiary/aromatic N) is 4. The lowest BCUT2D eigenvalue weighted by atomic mass is 10.0. The molecule has 0 bridgehead atoms. The number of likely N-dealkylation sites (tertiary alicyclic amines) is 1. The number of hydrogen-bond acceptors (Lipinski definition) is 8. The zero-order valence-corrected chi connectivity index (χ0v) is 26.1. The molecule has 2 aromatic rings. The fraction of sp³-hybridized carbons (Fsp3) is 0.552. The van der Waals surface area contributed by atoms with Crippen LogP contribution >= 0.6 is 11.3 Å². The molecule has 11 nitrogen and oxygen atoms in total. The van der Waals surface area contributed by atoms with Crippen molar-refractivity contribution >= 4 is 44.3 Å². The van der Waals surface area contributed by atoms with Gasteiger partial charge < -0.3 is 19.9 Å². The van der Waals surface area contributed by atoms with Gasteiger partial charge in [0.1, 0.15) is 5.00 Å². The number of fused-ring (bicyclic) bond motifs is 1. The van der Waals surface area contributed by atoms with E-state index in [9.17, 15) is 22.8 Å². The molecule has 0 atom stereocenters. The Bertz CT molecular complexity index is 1420. The number of rotatable bonds is 7. The Kier molecular flexibility index (Phi) is 9.21. The molecule has 0 saturated carbocycles. The van der Waals surface area contributed by atoms with Gasteiger partial charge in [0.25, 0.3) is 11.8 Å². The van der Waals surface area contributed by atoms with E-state index in [4.69, 9.17) is 4.74 Å². The van der Waals surface area contributed by atoms with Gasteiger partial charge in [0.05, 0.1) is 17.1 Å². The molecule has 1 aromatic heterocycles. The van der Waals surface area contributed by atoms with Gasteiger partial charge >= 0.3 is 6.09 Å². The first-order chi connectivity index (χ1) is 20.1. The van der Waals surface area contributed by atoms with Crippen molar-refractivity contribution in [2.45, 2.75) is 57.5 Å². The molecule has 228 valence electrons. The number of piperazine rings is 1. The number of amides is 3. The van der Waals surface area contributed by atoms with Crippen LogP contribution in [0, 0.1) is 0 Å². The second-order valence-electron chi connectivity index (χ2n) is 11.1. The number of benzene rings is 1. The van der Waals surface area contributed by atoms with Crippen molar-refractivity contribution in [3.05, 3.63) is 45.8 Å². The van der Waals surface area contributed by atoms with Crippen LogP contribution in [0.1, 0.15) is 64.8 Å². The predicted octanol–water partition coefficient (Wildman–Crippen LogP) is 3.47. The zero-order chi connectivity index (χ0) is 30.0. The Morgan fingerprint density at radius 2 is 1.62 bits per heavy atom. The number of sulfonamides is 1. The van der Waals surface area contributed by atoms with Crippen LogP contribution in [0.4, 0.5) is 9.80 Å². The molecule has 0 spiro atoms. The quantitative estimate of drug-likeness (QED) is 0.505. The number of ether oxygens (including phenoxy) is 1. The summed E-state index contributed by atoms with van der Waals surface area (Å²) in [5.41, 5.74) is 1.94. The van der Waals surface area contributed by atoms with Crippen molar-refractivity contribution in [2.24, 2.45) is 0 Å². The first kappa shape index (κ1) is 30.5. The molecule has 13 heteroatoms. The third kappa shape index (κ3) is 6.19. The molecule has 0 unspecified atom stereocenters. The summed E-state index contributed by atoms with van der Waals surface area (Å²) in [7, 11) is -3.80. The summed E-state index contributed by atoms with van der Waals surface area (Å²) >= 11 is 1.46. The Balaban J connectivity index is 1.31. The lowest BCUT2D eigenvalue weighted by molar-refractivity contribution is 0.0792. The maximum absolute atomic E-state index is 13.6. The largest absolute Gasteiger partial charge is 0.450 e. The lowest BCUT2D eigenvalue weighted by Gasteiger charge is -2.33. The van der Waals surface area contributed by atoms with Crippen LogP contribution in [-0.2, 0) is 27.7 Å². The van der Waals surface area contributed by atoms with Crippen molar-refractivity contribution in [1.82, 2.24) is 19.0 Å². The summed E-state index contributed by atoms with van der Waals surface area (Å²) in [5, 5.41) is 3.54. The van der Waals surface area contributed by atoms with Gasteiger partial charge in [-0.25, -0.2) is 13.2 Å². The standard InChI is InChI=1S/C29H39N5O6S2/c1-4-40-29(37)32-15-17-34(18-16-32)42(38,39)22-9-7-21(8-10-22)26(35)30-27-25(28(36)31-12-5-6-13-31)23-11-14-33(20(2)3)19-24(23)41-27/h7-10,20H,4-6,11-19H2,1-3H3,(H,30,35). The van der Waals surface area contributed by atoms with E-state index in [1.165, 1.54) is 44.8 Å². The fourth-order valence-corrected chi connectivity index (χ4v) is 8.37. The molecule has 3 amide bonds. The van der Waals surface area contributed by atoms with Gasteiger partial charge in [0.2, 0.25) is 10.0 Å². The van der Waals surface area contributed by atoms with E-state index in [1.807, 2.05) is 4.90 Å². The van der Waals surface area contributed by atoms with E-state index >= 15 is 0 Å². The van der Waals surface area contributed by atoms with Crippen molar-refractivity contribution < 1.29 is 27.5 Å². The molecule has 1 N–H and O–H groups in total. The van der Waals surface area contributed by atoms with Crippen molar-refractivity contribution in [2.75, 3.05) is 57.7 Å². The highest BCUT2D eigenvalue weighted by atomic mass is 32.2. The van der Waals surface area contributed by atoms with E-state index in [1.54, 1.807) is 6.92 Å². The van der Waals surface area contributed by atoms with Gasteiger partial charge in [-0.15, -0.1) is 11.3 Å². The van der Waals surface area contributed by atoms with E-state index in [2.05, 4.69) is 24.1 Å². The molecule has 5 rings (SSSR count). The highest BCUT2D eigenvalue weighted by Gasteiger charge is 2.33. The van der Waals surface area contributed by atoms with Gasteiger partial charge in [-0.3, -0.25) is 14.5 Å². The first-order valence-corrected chi connectivity index (χ1v) is 16.9. The average molecular weight is 618 g/mol. The Morgan fingerprint density at radius 1 is 0.952 bits per heavy atom. The second-order valence-corrected chi connectivity index (χ2v) is 14.1. The Hall–Kier alpha value is -3.00. The van der Waals surface area contributed by atoms with Crippen LogP contribution in [-0.4, -0.2) is 104 Å². The molecule has 2 fully saturated rings. The number of hydrogen-bond donors (Lipinski definition) is 1. The van der Waals surface area contributed by atoms with Crippen molar-refractivity contribution in [3.63, 3.8) is 0 Å². The van der Waals surface area contributed by atoms with Gasteiger partial charge in [-0.1, -0.05) is 0 Å². The summed E-state index contributed by atoms with van der Waals surface area (Å²) < 4.78 is 32.8. The van der Waals surface area contributed by atoms with Crippen molar-refractivity contribution in [1.29, 1.82) is 0 Å². The topological polar surface area (TPSA) is 120 Å². The maximum atomic E-state index is 13.6. The number of anilines is 1. The third-order valence-electron chi connectivity index (χ3n) is 8.17. The number of carbonyl (C=O) groups excluding carboxylic acids is 3. The summed E-state index contributed by atoms with van der Waals surface area (Å²) in [6.07, 6.45) is 2.28. The van der Waals surface area contributed by atoms with Crippen molar-refractivity contribution in [3.8, 4) is 0 Å². The SMILES string of the molecule is CCOC(=O)N1CCN(S(=O)(=O)c2ccc(C(=O)Nc3sc4c(c3C(=O)N3CCCC3)CCN(C(C)C)C4)cc2)CC1. The molecule has 2 saturated heterocycles. The van der Waals surface area contributed by atoms with Crippen LogP contribution in [0.15, 0.2) is 29.2 Å². The minimum Gasteiger partial charge on any atom is -0.450 e. The molecular weight excluding hydrogens is 578 g/mol. The van der Waals surface area contributed by atoms with Crippen LogP contribution in [0.5, 0.6) is 0 Å². The van der Waals surface area contributed by atoms with E-state index in [-0.39, 0.29) is 43.6 Å². The Morgan fingerprint density at radius 3 is 2.24 bits per heavy atom. The smallest absolute Gasteiger partial charge is 0.409 e. The van der Waals surface area contributed by atoms with Gasteiger partial charge in [-0.05, 0) is 69.9 Å². The van der Waals surface area contributed by atoms with Gasteiger partial charge in [0, 0.05) is 68.8 Å². The van der Waals surface area contributed by atoms with E-state index in [0.717, 1.165) is 55.9 Å². The molecule has 42 heavy (non-hydrogen) atoms. The molecular formula is C29H39N5O6S2. The normalized spacial score (nSPS) is 18.3. The molecule has 4 heterocycles. The molecule has 1 aromatic carbocycles. The number of nitrogens with one attached hydrogen (secondary N) is 1. The summed E-state index contributed by atoms with van der Waals surface area (Å²) in [6.45, 7) is 10.2. The minimum atomic E-state index is -3.80. The molecule has 0 aliphatic carbocycles. The number of carbonyl (C=O) groups is 3. The first-order valence-electron chi connectivity index (χ1n) is 14.6. The second kappa shape index (κ2) is 12.7. The lowest BCUT2D eigenvalue weighted by Crippen LogP contribution is -2.50. The van der Waals surface area contributed by atoms with E-state index < -0.39 is 22.0 Å². The minimum absolute atomic E-state index is 0.0252. The fourth-order valence-electron chi connectivity index (χ4n) is 5.69. The van der Waals surface area contributed by atoms with Crippen LogP contribution in [0.3, 0.4) is 0 Å². The maximum Gasteiger partial charge on any atom is 0.409 e. The summed E-state index contributed by atoms with van der Waals surface area (Å²) in [6, 6.07) is 6.23. The molecule has 3 aliphatic rings. The molecule has 0 radical (unpaired) electrons. The van der Waals surface area contributed by atoms with Gasteiger partial charge in [-0.2, -0.15) is 4.31 Å². The molecule has 3 aliphatic heterocycles. The van der Waals surface area contributed by atoms with Crippen LogP contribution in [0.25, 0.3) is 0 Å². The third-order valence-corrected chi connectivity index (χ3v) is 11.2. The van der Waals surface area contributed by atoms with Gasteiger partial charge in [0.15, 0.2) is 0 Å². The average Bonchev–Trinajstić information content (AvgIpc) is 3.65. The summed E-state index contributed by atoms with van der Waals surface area (Å²) in [4.78, 5) is 45.8. The Labute approximate surface area is 251 Å². The van der Waals surface area contributed by atoms with Crippen LogP contribution < -0.4 is 5.32 Å². The van der Waals surface area contributed by atoms with E-state index in [0.29, 0.717) is 22.2 Å². The predicted molar refractivity (Wildman–Crippen MR) is 160 cm³/mol. The zero-order valence-electron chi connectivity index (χ0n) is 24.4. The highest BCUT2D eigenvalue weighted by Crippen LogP contribution is 2.39. The highest BCUT2D eigenvalue weighted by molar-refractivity contribution is 7.89. The van der Waals surface area contributed by atoms with Crippen LogP contribution in [0.2, 0.25) is 0 Å². The number of thiophene rings is 1. The summed E-state index contributed by atoms with van der Waals surface area (Å²) in [5.74, 6) is -0.417.